The quantitative estimate of drug-likeness (QED) is 0.907. The summed E-state index contributed by atoms with van der Waals surface area (Å²) < 4.78 is 5.70. The maximum absolute atomic E-state index is 12.4. The fourth-order valence-electron chi connectivity index (χ4n) is 3.02. The van der Waals surface area contributed by atoms with Gasteiger partial charge in [0.1, 0.15) is 12.4 Å². The van der Waals surface area contributed by atoms with E-state index in [2.05, 4.69) is 37.9 Å². The van der Waals surface area contributed by atoms with Crippen molar-refractivity contribution in [3.63, 3.8) is 0 Å². The zero-order valence-electron chi connectivity index (χ0n) is 14.7. The number of amides is 2. The second-order valence-electron chi connectivity index (χ2n) is 6.53. The lowest BCUT2D eigenvalue weighted by Crippen LogP contribution is -2.46. The third kappa shape index (κ3) is 4.86. The van der Waals surface area contributed by atoms with Crippen LogP contribution in [-0.2, 0) is 6.54 Å². The third-order valence-corrected chi connectivity index (χ3v) is 4.21. The number of fused-ring (bicyclic) bond motifs is 1. The lowest BCUT2D eigenvalue weighted by atomic mass is 10.2. The minimum Gasteiger partial charge on any atom is -0.491 e. The van der Waals surface area contributed by atoms with E-state index in [0.29, 0.717) is 38.3 Å². The van der Waals surface area contributed by atoms with Crippen molar-refractivity contribution in [2.45, 2.75) is 46.3 Å². The highest BCUT2D eigenvalue weighted by Gasteiger charge is 2.20. The van der Waals surface area contributed by atoms with Crippen LogP contribution in [-0.4, -0.2) is 54.2 Å². The van der Waals surface area contributed by atoms with Crippen LogP contribution in [0.3, 0.4) is 0 Å². The summed E-state index contributed by atoms with van der Waals surface area (Å²) in [5.41, 5.74) is 1.06. The van der Waals surface area contributed by atoms with Crippen LogP contribution < -0.4 is 10.1 Å². The second kappa shape index (κ2) is 8.20. The Kier molecular flexibility index (Phi) is 6.28. The van der Waals surface area contributed by atoms with Gasteiger partial charge in [0.15, 0.2) is 0 Å². The Morgan fingerprint density at radius 2 is 1.96 bits per heavy atom. The third-order valence-electron chi connectivity index (χ3n) is 4.21. The van der Waals surface area contributed by atoms with Crippen molar-refractivity contribution < 1.29 is 9.53 Å². The molecule has 1 aliphatic heterocycles. The van der Waals surface area contributed by atoms with Crippen molar-refractivity contribution in [1.29, 1.82) is 0 Å². The molecule has 128 valence electrons. The van der Waals surface area contributed by atoms with E-state index in [1.54, 1.807) is 0 Å². The number of hydrogen-bond acceptors (Lipinski definition) is 3. The molecule has 0 aliphatic carbocycles. The van der Waals surface area contributed by atoms with Gasteiger partial charge < -0.3 is 15.0 Å². The molecule has 2 amide bonds. The minimum atomic E-state index is -0.0160. The van der Waals surface area contributed by atoms with Crippen molar-refractivity contribution in [2.75, 3.05) is 26.2 Å². The van der Waals surface area contributed by atoms with Gasteiger partial charge in [0.25, 0.3) is 0 Å². The maximum Gasteiger partial charge on any atom is 0.317 e. The standard InChI is InChI=1S/C18H29N3O2/c1-14(2)21(15(3)4)10-9-19-18(22)20-11-12-23-17-8-6-5-7-16(17)13-20/h5-8,14-15H,9-13H2,1-4H3,(H,19,22). The van der Waals surface area contributed by atoms with Crippen molar-refractivity contribution in [2.24, 2.45) is 0 Å². The topological polar surface area (TPSA) is 44.8 Å². The van der Waals surface area contributed by atoms with E-state index in [9.17, 15) is 4.79 Å². The molecule has 23 heavy (non-hydrogen) atoms. The highest BCUT2D eigenvalue weighted by molar-refractivity contribution is 5.74. The van der Waals surface area contributed by atoms with Crippen LogP contribution in [0.25, 0.3) is 0 Å². The molecular formula is C18H29N3O2. The van der Waals surface area contributed by atoms with Gasteiger partial charge in [-0.1, -0.05) is 18.2 Å². The lowest BCUT2D eigenvalue weighted by molar-refractivity contribution is 0.166. The molecule has 0 fully saturated rings. The molecule has 0 unspecified atom stereocenters. The summed E-state index contributed by atoms with van der Waals surface area (Å²) in [5, 5.41) is 3.04. The molecule has 1 heterocycles. The maximum atomic E-state index is 12.4. The molecule has 0 radical (unpaired) electrons. The van der Waals surface area contributed by atoms with Gasteiger partial charge in [-0.25, -0.2) is 4.79 Å². The number of nitrogens with one attached hydrogen (secondary N) is 1. The Morgan fingerprint density at radius 3 is 2.65 bits per heavy atom. The van der Waals surface area contributed by atoms with Crippen molar-refractivity contribution >= 4 is 6.03 Å². The number of carbonyl (C=O) groups excluding carboxylic acids is 1. The van der Waals surface area contributed by atoms with Crippen LogP contribution in [0.5, 0.6) is 5.75 Å². The number of hydrogen-bond donors (Lipinski definition) is 1. The summed E-state index contributed by atoms with van der Waals surface area (Å²) in [4.78, 5) is 16.6. The van der Waals surface area contributed by atoms with Crippen molar-refractivity contribution in [3.05, 3.63) is 29.8 Å². The fourth-order valence-corrected chi connectivity index (χ4v) is 3.02. The number of para-hydroxylation sites is 1. The van der Waals surface area contributed by atoms with E-state index in [4.69, 9.17) is 4.74 Å². The van der Waals surface area contributed by atoms with E-state index in [1.165, 1.54) is 0 Å². The van der Waals surface area contributed by atoms with E-state index >= 15 is 0 Å². The Hall–Kier alpha value is -1.75. The molecule has 0 saturated heterocycles. The average molecular weight is 319 g/mol. The molecule has 0 bridgehead atoms. The normalized spacial score (nSPS) is 14.7. The molecular weight excluding hydrogens is 290 g/mol. The molecule has 5 heteroatoms. The molecule has 0 aromatic heterocycles. The van der Waals surface area contributed by atoms with Crippen LogP contribution in [0.4, 0.5) is 4.79 Å². The van der Waals surface area contributed by atoms with Gasteiger partial charge >= 0.3 is 6.03 Å². The van der Waals surface area contributed by atoms with E-state index in [-0.39, 0.29) is 6.03 Å². The molecule has 5 nitrogen and oxygen atoms in total. The van der Waals surface area contributed by atoms with Crippen molar-refractivity contribution in [3.8, 4) is 5.75 Å². The largest absolute Gasteiger partial charge is 0.491 e. The van der Waals surface area contributed by atoms with Crippen LogP contribution in [0.1, 0.15) is 33.3 Å². The zero-order valence-corrected chi connectivity index (χ0v) is 14.7. The summed E-state index contributed by atoms with van der Waals surface area (Å²) in [6.07, 6.45) is 0. The number of nitrogens with zero attached hydrogens (tertiary/aromatic N) is 2. The molecule has 1 aliphatic rings. The molecule has 0 atom stereocenters. The minimum absolute atomic E-state index is 0.0160. The highest BCUT2D eigenvalue weighted by atomic mass is 16.5. The predicted octanol–water partition coefficient (Wildman–Crippen LogP) is 2.71. The van der Waals surface area contributed by atoms with Gasteiger partial charge in [-0.3, -0.25) is 4.90 Å². The lowest BCUT2D eigenvalue weighted by Gasteiger charge is -2.31. The van der Waals surface area contributed by atoms with Crippen LogP contribution in [0, 0.1) is 0 Å². The molecule has 0 spiro atoms. The summed E-state index contributed by atoms with van der Waals surface area (Å²) in [5.74, 6) is 0.883. The number of rotatable bonds is 5. The van der Waals surface area contributed by atoms with Gasteiger partial charge in [0.05, 0.1) is 13.1 Å². The first kappa shape index (κ1) is 17.6. The molecule has 1 aromatic carbocycles. The summed E-state index contributed by atoms with van der Waals surface area (Å²) >= 11 is 0. The number of benzene rings is 1. The molecule has 1 N–H and O–H groups in total. The van der Waals surface area contributed by atoms with Gasteiger partial charge in [0, 0.05) is 30.7 Å². The SMILES string of the molecule is CC(C)N(CCNC(=O)N1CCOc2ccccc2C1)C(C)C. The van der Waals surface area contributed by atoms with Gasteiger partial charge in [-0.2, -0.15) is 0 Å². The zero-order chi connectivity index (χ0) is 16.8. The van der Waals surface area contributed by atoms with E-state index in [0.717, 1.165) is 17.9 Å². The summed E-state index contributed by atoms with van der Waals surface area (Å²) in [6.45, 7) is 12.0. The van der Waals surface area contributed by atoms with Crippen LogP contribution in [0.15, 0.2) is 24.3 Å². The van der Waals surface area contributed by atoms with E-state index < -0.39 is 0 Å². The number of carbonyl (C=O) groups is 1. The number of ether oxygens (including phenoxy) is 1. The first-order valence-corrected chi connectivity index (χ1v) is 8.48. The Morgan fingerprint density at radius 1 is 1.26 bits per heavy atom. The number of urea groups is 1. The fraction of sp³-hybridized carbons (Fsp3) is 0.611. The Bertz CT molecular complexity index is 509. The summed E-state index contributed by atoms with van der Waals surface area (Å²) in [6, 6.07) is 8.85. The van der Waals surface area contributed by atoms with Crippen LogP contribution in [0.2, 0.25) is 0 Å². The Balaban J connectivity index is 1.86. The summed E-state index contributed by atoms with van der Waals surface area (Å²) in [7, 11) is 0. The smallest absolute Gasteiger partial charge is 0.317 e. The Labute approximate surface area is 139 Å². The van der Waals surface area contributed by atoms with Gasteiger partial charge in [0.2, 0.25) is 0 Å². The average Bonchev–Trinajstić information content (AvgIpc) is 2.72. The highest BCUT2D eigenvalue weighted by Crippen LogP contribution is 2.22. The van der Waals surface area contributed by atoms with Gasteiger partial charge in [-0.05, 0) is 33.8 Å². The predicted molar refractivity (Wildman–Crippen MR) is 92.7 cm³/mol. The van der Waals surface area contributed by atoms with Gasteiger partial charge in [-0.15, -0.1) is 0 Å². The molecule has 2 rings (SSSR count). The van der Waals surface area contributed by atoms with Crippen molar-refractivity contribution in [1.82, 2.24) is 15.1 Å². The second-order valence-corrected chi connectivity index (χ2v) is 6.53. The first-order valence-electron chi connectivity index (χ1n) is 8.48. The monoisotopic (exact) mass is 319 g/mol. The molecule has 0 saturated carbocycles. The first-order chi connectivity index (χ1) is 11.0. The van der Waals surface area contributed by atoms with E-state index in [1.807, 2.05) is 29.2 Å². The van der Waals surface area contributed by atoms with Crippen LogP contribution >= 0.6 is 0 Å². The molecule has 1 aromatic rings.